The Morgan fingerprint density at radius 3 is 2.58 bits per heavy atom. The topological polar surface area (TPSA) is 50.7 Å². The number of hydrogen-bond donors (Lipinski definition) is 1. The zero-order valence-corrected chi connectivity index (χ0v) is 6.78. The normalized spacial score (nSPS) is 9.08. The lowest BCUT2D eigenvalue weighted by Crippen LogP contribution is -2.02. The minimum Gasteiger partial charge on any atom is -0.497 e. The van der Waals surface area contributed by atoms with Crippen LogP contribution in [0.5, 0.6) is 5.75 Å². The van der Waals surface area contributed by atoms with Gasteiger partial charge in [-0.3, -0.25) is 5.43 Å². The lowest BCUT2D eigenvalue weighted by Gasteiger charge is -2.01. The molecule has 1 aromatic rings. The van der Waals surface area contributed by atoms with E-state index in [0.717, 1.165) is 11.3 Å². The molecule has 1 aromatic carbocycles. The maximum atomic E-state index is 9.72. The van der Waals surface area contributed by atoms with Gasteiger partial charge in [0.1, 0.15) is 5.75 Å². The Morgan fingerprint density at radius 2 is 2.08 bits per heavy atom. The average Bonchev–Trinajstić information content (AvgIpc) is 2.15. The molecule has 0 radical (unpaired) electrons. The Labute approximate surface area is 70.5 Å². The average molecular weight is 166 g/mol. The van der Waals surface area contributed by atoms with Crippen LogP contribution in [0.3, 0.4) is 0 Å². The van der Waals surface area contributed by atoms with Gasteiger partial charge in [0, 0.05) is 5.29 Å². The molecular weight excluding hydrogens is 156 g/mol. The van der Waals surface area contributed by atoms with Crippen LogP contribution in [0, 0.1) is 4.91 Å². The lowest BCUT2D eigenvalue weighted by molar-refractivity contribution is 0.414. The van der Waals surface area contributed by atoms with E-state index in [2.05, 4.69) is 10.7 Å². The van der Waals surface area contributed by atoms with E-state index >= 15 is 0 Å². The van der Waals surface area contributed by atoms with Crippen LogP contribution < -0.4 is 10.2 Å². The van der Waals surface area contributed by atoms with Gasteiger partial charge in [-0.1, -0.05) is 12.1 Å². The van der Waals surface area contributed by atoms with Crippen LogP contribution >= 0.6 is 0 Å². The first-order valence-corrected chi connectivity index (χ1v) is 3.55. The molecule has 4 nitrogen and oxygen atoms in total. The number of methoxy groups -OCH3 is 1. The molecular formula is C8H10N2O2. The predicted octanol–water partition coefficient (Wildman–Crippen LogP) is 1.47. The quantitative estimate of drug-likeness (QED) is 0.544. The molecule has 1 N–H and O–H groups in total. The van der Waals surface area contributed by atoms with Crippen LogP contribution in [0.4, 0.5) is 0 Å². The van der Waals surface area contributed by atoms with Gasteiger partial charge in [-0.2, -0.15) is 0 Å². The monoisotopic (exact) mass is 166 g/mol. The molecule has 0 fully saturated rings. The molecule has 12 heavy (non-hydrogen) atoms. The second kappa shape index (κ2) is 4.33. The van der Waals surface area contributed by atoms with Crippen LogP contribution in [0.15, 0.2) is 29.6 Å². The molecule has 64 valence electrons. The summed E-state index contributed by atoms with van der Waals surface area (Å²) in [6.45, 7) is 0.452. The molecule has 0 aromatic heterocycles. The van der Waals surface area contributed by atoms with E-state index < -0.39 is 0 Å². The first-order valence-electron chi connectivity index (χ1n) is 3.55. The fraction of sp³-hybridized carbons (Fsp3) is 0.250. The molecule has 1 rings (SSSR count). The first-order chi connectivity index (χ1) is 5.86. The van der Waals surface area contributed by atoms with Crippen LogP contribution in [0.25, 0.3) is 0 Å². The summed E-state index contributed by atoms with van der Waals surface area (Å²) >= 11 is 0. The fourth-order valence-corrected chi connectivity index (χ4v) is 0.867. The zero-order valence-electron chi connectivity index (χ0n) is 6.78. The van der Waals surface area contributed by atoms with Gasteiger partial charge in [0.25, 0.3) is 0 Å². The largest absolute Gasteiger partial charge is 0.497 e. The van der Waals surface area contributed by atoms with Gasteiger partial charge in [0.2, 0.25) is 0 Å². The fourth-order valence-electron chi connectivity index (χ4n) is 0.867. The number of hydrogen-bond acceptors (Lipinski definition) is 3. The number of nitrogens with zero attached hydrogens (tertiary/aromatic N) is 1. The lowest BCUT2D eigenvalue weighted by atomic mass is 10.2. The highest BCUT2D eigenvalue weighted by atomic mass is 16.5. The van der Waals surface area contributed by atoms with Gasteiger partial charge < -0.3 is 4.74 Å². The van der Waals surface area contributed by atoms with Crippen LogP contribution in [0.2, 0.25) is 0 Å². The first kappa shape index (κ1) is 8.52. The van der Waals surface area contributed by atoms with E-state index in [0.29, 0.717) is 6.54 Å². The molecule has 4 heteroatoms. The van der Waals surface area contributed by atoms with Crippen molar-refractivity contribution in [2.24, 2.45) is 5.29 Å². The maximum Gasteiger partial charge on any atom is 0.118 e. The van der Waals surface area contributed by atoms with E-state index in [1.54, 1.807) is 7.11 Å². The van der Waals surface area contributed by atoms with Crippen molar-refractivity contribution in [2.45, 2.75) is 6.54 Å². The third kappa shape index (κ3) is 2.23. The summed E-state index contributed by atoms with van der Waals surface area (Å²) in [5, 5.41) is 2.54. The van der Waals surface area contributed by atoms with Crippen molar-refractivity contribution in [1.29, 1.82) is 0 Å². The number of benzene rings is 1. The van der Waals surface area contributed by atoms with E-state index in [1.165, 1.54) is 0 Å². The Morgan fingerprint density at radius 1 is 1.42 bits per heavy atom. The molecule has 0 aliphatic heterocycles. The Bertz CT molecular complexity index is 246. The van der Waals surface area contributed by atoms with Gasteiger partial charge in [0.05, 0.1) is 13.7 Å². The molecule has 0 heterocycles. The summed E-state index contributed by atoms with van der Waals surface area (Å²) in [5.74, 6) is 0.804. The SMILES string of the molecule is COc1ccc(CNN=O)cc1. The van der Waals surface area contributed by atoms with E-state index in [1.807, 2.05) is 24.3 Å². The summed E-state index contributed by atoms with van der Waals surface area (Å²) in [7, 11) is 1.61. The standard InChI is InChI=1S/C8H10N2O2/c1-12-8-4-2-7(3-5-8)6-9-10-11/h2-5H,6H2,1H3,(H,9,11). The molecule has 0 saturated heterocycles. The van der Waals surface area contributed by atoms with Crippen LogP contribution in [0.1, 0.15) is 5.56 Å². The van der Waals surface area contributed by atoms with Crippen LogP contribution in [-0.4, -0.2) is 7.11 Å². The summed E-state index contributed by atoms with van der Waals surface area (Å²) in [6, 6.07) is 7.41. The maximum absolute atomic E-state index is 9.72. The van der Waals surface area contributed by atoms with Crippen molar-refractivity contribution >= 4 is 0 Å². The summed E-state index contributed by atoms with van der Waals surface area (Å²) in [5.41, 5.74) is 3.33. The molecule has 0 atom stereocenters. The van der Waals surface area contributed by atoms with Crippen molar-refractivity contribution < 1.29 is 4.74 Å². The second-order valence-corrected chi connectivity index (χ2v) is 2.27. The minimum absolute atomic E-state index is 0.452. The van der Waals surface area contributed by atoms with Gasteiger partial charge in [0.15, 0.2) is 0 Å². The van der Waals surface area contributed by atoms with Crippen molar-refractivity contribution in [3.63, 3.8) is 0 Å². The van der Waals surface area contributed by atoms with E-state index in [4.69, 9.17) is 4.74 Å². The number of nitroso groups, excluding NO2 is 1. The Balaban J connectivity index is 2.58. The minimum atomic E-state index is 0.452. The highest BCUT2D eigenvalue weighted by Crippen LogP contribution is 2.10. The third-order valence-electron chi connectivity index (χ3n) is 1.51. The predicted molar refractivity (Wildman–Crippen MR) is 45.6 cm³/mol. The molecule has 0 saturated carbocycles. The van der Waals surface area contributed by atoms with Gasteiger partial charge >= 0.3 is 0 Å². The number of rotatable bonds is 4. The van der Waals surface area contributed by atoms with E-state index in [9.17, 15) is 4.91 Å². The van der Waals surface area contributed by atoms with Crippen molar-refractivity contribution in [3.05, 3.63) is 34.7 Å². The summed E-state index contributed by atoms with van der Waals surface area (Å²) in [4.78, 5) is 9.72. The highest BCUT2D eigenvalue weighted by molar-refractivity contribution is 5.26. The van der Waals surface area contributed by atoms with Gasteiger partial charge in [-0.05, 0) is 17.7 Å². The van der Waals surface area contributed by atoms with Crippen molar-refractivity contribution in [3.8, 4) is 5.75 Å². The second-order valence-electron chi connectivity index (χ2n) is 2.27. The molecule has 0 spiro atoms. The van der Waals surface area contributed by atoms with Crippen molar-refractivity contribution in [2.75, 3.05) is 7.11 Å². The summed E-state index contributed by atoms with van der Waals surface area (Å²) in [6.07, 6.45) is 0. The van der Waals surface area contributed by atoms with Gasteiger partial charge in [-0.15, -0.1) is 4.91 Å². The highest BCUT2D eigenvalue weighted by Gasteiger charge is 1.92. The molecule has 0 aliphatic rings. The van der Waals surface area contributed by atoms with Crippen LogP contribution in [-0.2, 0) is 6.54 Å². The van der Waals surface area contributed by atoms with Crippen molar-refractivity contribution in [1.82, 2.24) is 5.43 Å². The molecule has 0 aliphatic carbocycles. The zero-order chi connectivity index (χ0) is 8.81. The molecule has 0 bridgehead atoms. The smallest absolute Gasteiger partial charge is 0.118 e. The Kier molecular flexibility index (Phi) is 3.07. The number of nitrogens with one attached hydrogen (secondary N) is 1. The molecule has 0 amide bonds. The van der Waals surface area contributed by atoms with E-state index in [-0.39, 0.29) is 0 Å². The summed E-state index contributed by atoms with van der Waals surface area (Å²) < 4.78 is 4.97. The Hall–Kier alpha value is -1.58. The molecule has 0 unspecified atom stereocenters. The number of ether oxygens (including phenoxy) is 1. The third-order valence-corrected chi connectivity index (χ3v) is 1.51. The van der Waals surface area contributed by atoms with Gasteiger partial charge in [-0.25, -0.2) is 0 Å².